The molecule has 16 heavy (non-hydrogen) atoms. The summed E-state index contributed by atoms with van der Waals surface area (Å²) < 4.78 is 4.73. The Balaban J connectivity index is 3.28. The molecule has 0 aliphatic heterocycles. The molecule has 1 aromatic carbocycles. The summed E-state index contributed by atoms with van der Waals surface area (Å²) in [6.07, 6.45) is 0. The SMILES string of the molecule is COC(=O)C(=C(Cl)N(C)C)c1ccccc1. The van der Waals surface area contributed by atoms with Crippen molar-refractivity contribution in [2.24, 2.45) is 0 Å². The molecule has 3 nitrogen and oxygen atoms in total. The van der Waals surface area contributed by atoms with E-state index in [1.54, 1.807) is 19.0 Å². The second-order valence-corrected chi connectivity index (χ2v) is 3.78. The fourth-order valence-corrected chi connectivity index (χ4v) is 1.44. The lowest BCUT2D eigenvalue weighted by Crippen LogP contribution is -2.14. The van der Waals surface area contributed by atoms with Crippen LogP contribution in [0.4, 0.5) is 0 Å². The first-order chi connectivity index (χ1) is 7.57. The second-order valence-electron chi connectivity index (χ2n) is 3.42. The van der Waals surface area contributed by atoms with Crippen LogP contribution in [0.1, 0.15) is 5.56 Å². The van der Waals surface area contributed by atoms with Crippen LogP contribution < -0.4 is 0 Å². The van der Waals surface area contributed by atoms with E-state index in [1.165, 1.54) is 7.11 Å². The molecule has 0 aromatic heterocycles. The Hall–Kier alpha value is -1.48. The smallest absolute Gasteiger partial charge is 0.341 e. The van der Waals surface area contributed by atoms with Crippen molar-refractivity contribution < 1.29 is 9.53 Å². The van der Waals surface area contributed by atoms with Gasteiger partial charge in [-0.3, -0.25) is 0 Å². The predicted molar refractivity (Wildman–Crippen MR) is 64.9 cm³/mol. The molecule has 0 N–H and O–H groups in total. The molecule has 0 fully saturated rings. The highest BCUT2D eigenvalue weighted by Gasteiger charge is 2.18. The van der Waals surface area contributed by atoms with Crippen LogP contribution in [0.25, 0.3) is 5.57 Å². The molecule has 0 atom stereocenters. The summed E-state index contributed by atoms with van der Waals surface area (Å²) in [5.41, 5.74) is 1.11. The zero-order chi connectivity index (χ0) is 12.1. The van der Waals surface area contributed by atoms with Gasteiger partial charge in [0.05, 0.1) is 7.11 Å². The van der Waals surface area contributed by atoms with Crippen molar-refractivity contribution in [1.82, 2.24) is 4.90 Å². The molecule has 0 saturated heterocycles. The molecule has 0 radical (unpaired) electrons. The predicted octanol–water partition coefficient (Wildman–Crippen LogP) is 2.33. The first kappa shape index (κ1) is 12.6. The van der Waals surface area contributed by atoms with Gasteiger partial charge in [0.2, 0.25) is 0 Å². The van der Waals surface area contributed by atoms with Crippen molar-refractivity contribution in [3.63, 3.8) is 0 Å². The highest BCUT2D eigenvalue weighted by atomic mass is 35.5. The average Bonchev–Trinajstić information content (AvgIpc) is 2.30. The number of methoxy groups -OCH3 is 1. The van der Waals surface area contributed by atoms with Crippen molar-refractivity contribution in [3.05, 3.63) is 41.1 Å². The summed E-state index contributed by atoms with van der Waals surface area (Å²) in [7, 11) is 4.88. The number of hydrogen-bond donors (Lipinski definition) is 0. The van der Waals surface area contributed by atoms with Gasteiger partial charge in [0.1, 0.15) is 10.7 Å². The Bertz CT molecular complexity index is 399. The van der Waals surface area contributed by atoms with Gasteiger partial charge in [-0.1, -0.05) is 41.9 Å². The summed E-state index contributed by atoms with van der Waals surface area (Å²) in [6.45, 7) is 0. The number of benzene rings is 1. The summed E-state index contributed by atoms with van der Waals surface area (Å²) in [5.74, 6) is -0.440. The minimum atomic E-state index is -0.440. The minimum Gasteiger partial charge on any atom is -0.465 e. The molecular weight excluding hydrogens is 226 g/mol. The normalized spacial score (nSPS) is 11.8. The summed E-state index contributed by atoms with van der Waals surface area (Å²) in [4.78, 5) is 13.3. The van der Waals surface area contributed by atoms with Crippen LogP contribution >= 0.6 is 11.6 Å². The lowest BCUT2D eigenvalue weighted by Gasteiger charge is -2.15. The molecule has 0 amide bonds. The topological polar surface area (TPSA) is 29.5 Å². The van der Waals surface area contributed by atoms with E-state index >= 15 is 0 Å². The largest absolute Gasteiger partial charge is 0.465 e. The number of hydrogen-bond acceptors (Lipinski definition) is 3. The molecular formula is C12H14ClNO2. The number of halogens is 1. The first-order valence-corrected chi connectivity index (χ1v) is 5.16. The van der Waals surface area contributed by atoms with Gasteiger partial charge in [-0.25, -0.2) is 4.79 Å². The van der Waals surface area contributed by atoms with Crippen LogP contribution in [0.3, 0.4) is 0 Å². The first-order valence-electron chi connectivity index (χ1n) is 4.78. The average molecular weight is 240 g/mol. The molecule has 0 aliphatic rings. The van der Waals surface area contributed by atoms with Crippen molar-refractivity contribution in [2.75, 3.05) is 21.2 Å². The molecule has 0 bridgehead atoms. The van der Waals surface area contributed by atoms with Crippen molar-refractivity contribution in [3.8, 4) is 0 Å². The van der Waals surface area contributed by atoms with Crippen LogP contribution in [-0.4, -0.2) is 32.1 Å². The molecule has 0 spiro atoms. The maximum atomic E-state index is 11.7. The van der Waals surface area contributed by atoms with Gasteiger partial charge in [0.25, 0.3) is 0 Å². The lowest BCUT2D eigenvalue weighted by atomic mass is 10.1. The number of nitrogens with zero attached hydrogens (tertiary/aromatic N) is 1. The fourth-order valence-electron chi connectivity index (χ4n) is 1.25. The molecule has 4 heteroatoms. The van der Waals surface area contributed by atoms with E-state index in [-0.39, 0.29) is 0 Å². The minimum absolute atomic E-state index is 0.359. The quantitative estimate of drug-likeness (QED) is 0.461. The molecule has 1 rings (SSSR count). The Morgan fingerprint density at radius 3 is 2.25 bits per heavy atom. The number of carbonyl (C=O) groups is 1. The van der Waals surface area contributed by atoms with E-state index in [1.807, 2.05) is 30.3 Å². The van der Waals surface area contributed by atoms with Crippen molar-refractivity contribution in [1.29, 1.82) is 0 Å². The Morgan fingerprint density at radius 1 is 1.25 bits per heavy atom. The van der Waals surface area contributed by atoms with Crippen LogP contribution in [0.15, 0.2) is 35.5 Å². The molecule has 0 saturated carbocycles. The number of rotatable bonds is 3. The third-order valence-corrected chi connectivity index (χ3v) is 2.58. The van der Waals surface area contributed by atoms with E-state index in [4.69, 9.17) is 16.3 Å². The monoisotopic (exact) mass is 239 g/mol. The van der Waals surface area contributed by atoms with E-state index < -0.39 is 5.97 Å². The highest BCUT2D eigenvalue weighted by Crippen LogP contribution is 2.23. The van der Waals surface area contributed by atoms with Gasteiger partial charge in [0, 0.05) is 14.1 Å². The zero-order valence-corrected chi connectivity index (χ0v) is 10.3. The van der Waals surface area contributed by atoms with E-state index in [9.17, 15) is 4.79 Å². The second kappa shape index (κ2) is 5.56. The summed E-state index contributed by atoms with van der Waals surface area (Å²) in [5, 5.41) is 0.359. The van der Waals surface area contributed by atoms with Gasteiger partial charge < -0.3 is 9.64 Å². The van der Waals surface area contributed by atoms with E-state index in [2.05, 4.69) is 0 Å². The Morgan fingerprint density at radius 2 is 1.81 bits per heavy atom. The third kappa shape index (κ3) is 2.76. The zero-order valence-electron chi connectivity index (χ0n) is 9.53. The standard InChI is InChI=1S/C12H14ClNO2/c1-14(2)11(13)10(12(15)16-3)9-7-5-4-6-8-9/h4-8H,1-3H3. The van der Waals surface area contributed by atoms with Crippen molar-refractivity contribution in [2.45, 2.75) is 0 Å². The number of carbonyl (C=O) groups excluding carboxylic acids is 1. The maximum absolute atomic E-state index is 11.7. The Kier molecular flexibility index (Phi) is 4.38. The van der Waals surface area contributed by atoms with Crippen LogP contribution in [0.5, 0.6) is 0 Å². The van der Waals surface area contributed by atoms with Crippen molar-refractivity contribution >= 4 is 23.1 Å². The van der Waals surface area contributed by atoms with Gasteiger partial charge in [0.15, 0.2) is 0 Å². The highest BCUT2D eigenvalue weighted by molar-refractivity contribution is 6.38. The van der Waals surface area contributed by atoms with Gasteiger partial charge in [-0.15, -0.1) is 0 Å². The molecule has 0 heterocycles. The number of ether oxygens (including phenoxy) is 1. The lowest BCUT2D eigenvalue weighted by molar-refractivity contribution is -0.133. The van der Waals surface area contributed by atoms with Gasteiger partial charge >= 0.3 is 5.97 Å². The van der Waals surface area contributed by atoms with Crippen LogP contribution in [-0.2, 0) is 9.53 Å². The molecule has 0 unspecified atom stereocenters. The molecule has 86 valence electrons. The Labute approximate surface area is 100 Å². The van der Waals surface area contributed by atoms with Crippen LogP contribution in [0.2, 0.25) is 0 Å². The molecule has 0 aliphatic carbocycles. The maximum Gasteiger partial charge on any atom is 0.341 e. The van der Waals surface area contributed by atoms with Gasteiger partial charge in [-0.2, -0.15) is 0 Å². The van der Waals surface area contributed by atoms with Gasteiger partial charge in [-0.05, 0) is 5.56 Å². The van der Waals surface area contributed by atoms with Crippen LogP contribution in [0, 0.1) is 0 Å². The third-order valence-electron chi connectivity index (χ3n) is 2.05. The number of esters is 1. The summed E-state index contributed by atoms with van der Waals surface area (Å²) >= 11 is 6.09. The van der Waals surface area contributed by atoms with E-state index in [0.717, 1.165) is 5.56 Å². The summed E-state index contributed by atoms with van der Waals surface area (Å²) in [6, 6.07) is 9.20. The van der Waals surface area contributed by atoms with E-state index in [0.29, 0.717) is 10.7 Å². The fraction of sp³-hybridized carbons (Fsp3) is 0.250. The molecule has 1 aromatic rings.